The van der Waals surface area contributed by atoms with E-state index in [1.165, 1.54) is 13.1 Å². The zero-order valence-corrected chi connectivity index (χ0v) is 25.3. The summed E-state index contributed by atoms with van der Waals surface area (Å²) >= 11 is 0. The van der Waals surface area contributed by atoms with E-state index >= 15 is 0 Å². The van der Waals surface area contributed by atoms with Crippen LogP contribution in [-0.4, -0.2) is 85.6 Å². The summed E-state index contributed by atoms with van der Waals surface area (Å²) in [4.78, 5) is 57.9. The second kappa shape index (κ2) is 11.6. The van der Waals surface area contributed by atoms with E-state index in [1.54, 1.807) is 22.0 Å². The molecule has 1 aliphatic carbocycles. The Hall–Kier alpha value is -4.69. The van der Waals surface area contributed by atoms with E-state index in [9.17, 15) is 28.0 Å². The Bertz CT molecular complexity index is 1670. The first-order chi connectivity index (χ1) is 22.1. The molecule has 3 fully saturated rings. The van der Waals surface area contributed by atoms with Crippen LogP contribution in [0, 0.1) is 11.8 Å². The number of hydrogen-bond acceptors (Lipinski definition) is 8. The maximum atomic E-state index is 14.4. The minimum absolute atomic E-state index is 0.0255. The zero-order chi connectivity index (χ0) is 32.2. The quantitative estimate of drug-likeness (QED) is 0.319. The minimum atomic E-state index is -2.79. The lowest BCUT2D eigenvalue weighted by Crippen LogP contribution is -2.60. The van der Waals surface area contributed by atoms with Gasteiger partial charge in [-0.2, -0.15) is 10.2 Å². The number of nitrogens with zero attached hydrogens (tertiary/aromatic N) is 6. The number of aromatic amines is 1. The number of amides is 4. The number of fused-ring (bicyclic) bond motifs is 1. The average Bonchev–Trinajstić information content (AvgIpc) is 3.63. The Balaban J connectivity index is 0.881. The Morgan fingerprint density at radius 1 is 1.09 bits per heavy atom. The highest BCUT2D eigenvalue weighted by Crippen LogP contribution is 2.38. The number of carbonyl (C=O) groups excluding carboxylic acids is 4. The van der Waals surface area contributed by atoms with Crippen LogP contribution in [0.2, 0.25) is 0 Å². The van der Waals surface area contributed by atoms with E-state index in [2.05, 4.69) is 30.9 Å². The molecular weight excluding hydrogens is 600 g/mol. The number of rotatable bonds is 8. The first kappa shape index (κ1) is 30.0. The van der Waals surface area contributed by atoms with Gasteiger partial charge < -0.3 is 15.1 Å². The third-order valence-corrected chi connectivity index (χ3v) is 9.80. The standard InChI is InChI=1S/C31H35F2N9O4/c1-2-31(32,33)19-4-6-24-23(9-19)27(39-38-24)29(45)36-20-11-35-42(14-20)21-15-41(16-21)30(46)18-12-40(13-18)25-7-3-17(10-34-25)22-5-8-26(43)37-28(22)44/h3,7,10-11,14,18-19,21-22H,2,4-6,8-9,12-13,15-16H2,1H3,(H,36,45)(H,38,39)(H,37,43,44)/t19-,22?/m1/s1. The van der Waals surface area contributed by atoms with Crippen molar-refractivity contribution < 1.29 is 28.0 Å². The van der Waals surface area contributed by atoms with Crippen molar-refractivity contribution in [3.05, 3.63) is 53.2 Å². The molecular formula is C31H35F2N9O4. The van der Waals surface area contributed by atoms with Crippen molar-refractivity contribution in [2.24, 2.45) is 11.8 Å². The van der Waals surface area contributed by atoms with Crippen LogP contribution >= 0.6 is 0 Å². The summed E-state index contributed by atoms with van der Waals surface area (Å²) in [6, 6.07) is 3.67. The summed E-state index contributed by atoms with van der Waals surface area (Å²) < 4.78 is 30.4. The summed E-state index contributed by atoms with van der Waals surface area (Å²) in [5.74, 6) is -4.34. The number of H-pyrrole nitrogens is 1. The second-order valence-electron chi connectivity index (χ2n) is 12.7. The SMILES string of the molecule is CCC(F)(F)[C@@H]1CCc2[nH]nc(C(=O)Nc3cnn(C4CN(C(=O)C5CN(c6ccc(C7CCC(=O)NC7=O)cn6)C5)C4)c3)c2C1. The molecule has 242 valence electrons. The number of pyridine rings is 1. The van der Waals surface area contributed by atoms with Crippen molar-refractivity contribution in [1.29, 1.82) is 0 Å². The van der Waals surface area contributed by atoms with Crippen LogP contribution in [0.3, 0.4) is 0 Å². The number of alkyl halides is 2. The van der Waals surface area contributed by atoms with Gasteiger partial charge in [-0.25, -0.2) is 13.8 Å². The van der Waals surface area contributed by atoms with E-state index in [-0.39, 0.29) is 54.1 Å². The van der Waals surface area contributed by atoms with Crippen molar-refractivity contribution >= 4 is 35.1 Å². The van der Waals surface area contributed by atoms with Crippen molar-refractivity contribution in [2.45, 2.75) is 63.3 Å². The van der Waals surface area contributed by atoms with Gasteiger partial charge in [-0.1, -0.05) is 13.0 Å². The largest absolute Gasteiger partial charge is 0.355 e. The molecule has 13 nitrogen and oxygen atoms in total. The van der Waals surface area contributed by atoms with Gasteiger partial charge in [0.2, 0.25) is 17.7 Å². The molecule has 3 N–H and O–H groups in total. The molecule has 4 aliphatic rings. The molecule has 0 saturated carbocycles. The lowest BCUT2D eigenvalue weighted by atomic mass is 9.81. The van der Waals surface area contributed by atoms with Gasteiger partial charge in [0.05, 0.1) is 29.8 Å². The summed E-state index contributed by atoms with van der Waals surface area (Å²) in [7, 11) is 0. The number of aromatic nitrogens is 5. The first-order valence-corrected chi connectivity index (χ1v) is 15.7. The molecule has 3 aliphatic heterocycles. The third kappa shape index (κ3) is 5.51. The van der Waals surface area contributed by atoms with Crippen LogP contribution in [0.1, 0.15) is 71.9 Å². The molecule has 0 bridgehead atoms. The van der Waals surface area contributed by atoms with Crippen molar-refractivity contribution in [1.82, 2.24) is 35.2 Å². The van der Waals surface area contributed by atoms with Gasteiger partial charge in [-0.3, -0.25) is 34.3 Å². The highest BCUT2D eigenvalue weighted by molar-refractivity contribution is 6.04. The fourth-order valence-electron chi connectivity index (χ4n) is 6.81. The molecule has 7 rings (SSSR count). The molecule has 46 heavy (non-hydrogen) atoms. The summed E-state index contributed by atoms with van der Waals surface area (Å²) in [5.41, 5.74) is 2.65. The molecule has 0 radical (unpaired) electrons. The molecule has 3 aromatic heterocycles. The Morgan fingerprint density at radius 3 is 2.61 bits per heavy atom. The number of hydrogen-bond donors (Lipinski definition) is 3. The van der Waals surface area contributed by atoms with Gasteiger partial charge in [-0.05, 0) is 37.3 Å². The number of carbonyl (C=O) groups is 4. The summed E-state index contributed by atoms with van der Waals surface area (Å²) in [5, 5.41) is 16.5. The van der Waals surface area contributed by atoms with Crippen LogP contribution in [0.5, 0.6) is 0 Å². The van der Waals surface area contributed by atoms with E-state index < -0.39 is 17.7 Å². The lowest BCUT2D eigenvalue weighted by molar-refractivity contribution is -0.142. The monoisotopic (exact) mass is 635 g/mol. The first-order valence-electron chi connectivity index (χ1n) is 15.7. The number of halogens is 2. The maximum absolute atomic E-state index is 14.4. The number of piperidine rings is 1. The van der Waals surface area contributed by atoms with Gasteiger partial charge in [0.1, 0.15) is 5.82 Å². The van der Waals surface area contributed by atoms with Crippen LogP contribution in [0.4, 0.5) is 20.3 Å². The Kier molecular flexibility index (Phi) is 7.56. The number of anilines is 2. The smallest absolute Gasteiger partial charge is 0.276 e. The highest BCUT2D eigenvalue weighted by Gasteiger charge is 2.42. The fraction of sp³-hybridized carbons (Fsp3) is 0.516. The van der Waals surface area contributed by atoms with E-state index in [0.29, 0.717) is 63.1 Å². The van der Waals surface area contributed by atoms with Crippen molar-refractivity contribution in [3.8, 4) is 0 Å². The number of nitrogens with one attached hydrogen (secondary N) is 3. The normalized spacial score (nSPS) is 22.2. The molecule has 0 spiro atoms. The molecule has 15 heteroatoms. The van der Waals surface area contributed by atoms with Gasteiger partial charge in [0, 0.05) is 68.6 Å². The van der Waals surface area contributed by atoms with Crippen molar-refractivity contribution in [2.75, 3.05) is 36.4 Å². The predicted molar refractivity (Wildman–Crippen MR) is 160 cm³/mol. The molecule has 6 heterocycles. The summed E-state index contributed by atoms with van der Waals surface area (Å²) in [6.45, 7) is 3.58. The number of aryl methyl sites for hydroxylation is 1. The van der Waals surface area contributed by atoms with E-state index in [4.69, 9.17) is 0 Å². The van der Waals surface area contributed by atoms with Crippen LogP contribution < -0.4 is 15.5 Å². The second-order valence-corrected chi connectivity index (χ2v) is 12.7. The van der Waals surface area contributed by atoms with E-state index in [1.807, 2.05) is 17.0 Å². The predicted octanol–water partition coefficient (Wildman–Crippen LogP) is 2.44. The van der Waals surface area contributed by atoms with Crippen molar-refractivity contribution in [3.63, 3.8) is 0 Å². The van der Waals surface area contributed by atoms with Gasteiger partial charge >= 0.3 is 0 Å². The van der Waals surface area contributed by atoms with Gasteiger partial charge in [-0.15, -0.1) is 0 Å². The summed E-state index contributed by atoms with van der Waals surface area (Å²) in [6.07, 6.45) is 6.31. The lowest BCUT2D eigenvalue weighted by Gasteiger charge is -2.46. The third-order valence-electron chi connectivity index (χ3n) is 9.80. The van der Waals surface area contributed by atoms with Crippen LogP contribution in [-0.2, 0) is 27.2 Å². The number of imide groups is 1. The average molecular weight is 636 g/mol. The van der Waals surface area contributed by atoms with Gasteiger partial charge in [0.15, 0.2) is 5.69 Å². The minimum Gasteiger partial charge on any atom is -0.355 e. The molecule has 2 atom stereocenters. The molecule has 4 amide bonds. The topological polar surface area (TPSA) is 158 Å². The van der Waals surface area contributed by atoms with Crippen LogP contribution in [0.15, 0.2) is 30.7 Å². The molecule has 0 aromatic carbocycles. The van der Waals surface area contributed by atoms with E-state index in [0.717, 1.165) is 17.1 Å². The number of likely N-dealkylation sites (tertiary alicyclic amines) is 1. The highest BCUT2D eigenvalue weighted by atomic mass is 19.3. The maximum Gasteiger partial charge on any atom is 0.276 e. The zero-order valence-electron chi connectivity index (χ0n) is 25.3. The Labute approximate surface area is 263 Å². The Morgan fingerprint density at radius 2 is 1.89 bits per heavy atom. The molecule has 1 unspecified atom stereocenters. The van der Waals surface area contributed by atoms with Gasteiger partial charge in [0.25, 0.3) is 11.8 Å². The molecule has 3 aromatic rings. The van der Waals surface area contributed by atoms with Crippen LogP contribution in [0.25, 0.3) is 0 Å². The fourth-order valence-corrected chi connectivity index (χ4v) is 6.81. The molecule has 3 saturated heterocycles.